The summed E-state index contributed by atoms with van der Waals surface area (Å²) >= 11 is 0. The van der Waals surface area contributed by atoms with Crippen molar-refractivity contribution in [2.75, 3.05) is 19.7 Å². The van der Waals surface area contributed by atoms with Crippen molar-refractivity contribution in [1.29, 1.82) is 0 Å². The zero-order valence-electron chi connectivity index (χ0n) is 11.5. The number of amides is 1. The first kappa shape index (κ1) is 15.1. The van der Waals surface area contributed by atoms with E-state index in [0.717, 1.165) is 0 Å². The smallest absolute Gasteiger partial charge is 0.410 e. The summed E-state index contributed by atoms with van der Waals surface area (Å²) in [4.78, 5) is 27.4. The van der Waals surface area contributed by atoms with E-state index in [1.54, 1.807) is 27.7 Å². The number of nitrogens with zero attached hydrogens (tertiary/aromatic N) is 4. The molecule has 106 valence electrons. The van der Waals surface area contributed by atoms with Gasteiger partial charge in [-0.2, -0.15) is 0 Å². The Morgan fingerprint density at radius 3 is 2.42 bits per heavy atom. The Kier molecular flexibility index (Phi) is 4.26. The van der Waals surface area contributed by atoms with Crippen LogP contribution in [0.5, 0.6) is 0 Å². The molecule has 0 aromatic rings. The average molecular weight is 270 g/mol. The van der Waals surface area contributed by atoms with Crippen LogP contribution in [0.3, 0.4) is 0 Å². The minimum absolute atomic E-state index is 0.0230. The highest BCUT2D eigenvalue weighted by molar-refractivity contribution is 5.86. The molecule has 1 aliphatic heterocycles. The Morgan fingerprint density at radius 1 is 1.42 bits per heavy atom. The van der Waals surface area contributed by atoms with Gasteiger partial charge in [-0.3, -0.25) is 4.79 Å². The number of rotatable bonds is 3. The summed E-state index contributed by atoms with van der Waals surface area (Å²) < 4.78 is 10.0. The van der Waals surface area contributed by atoms with E-state index in [0.29, 0.717) is 0 Å². The molecule has 1 aliphatic rings. The minimum Gasteiger partial charge on any atom is -0.465 e. The molecule has 0 radical (unpaired) electrons. The summed E-state index contributed by atoms with van der Waals surface area (Å²) in [5.41, 5.74) is 6.58. The largest absolute Gasteiger partial charge is 0.465 e. The molecule has 0 aromatic heterocycles. The number of carbonyl (C=O) groups is 2. The molecule has 1 fully saturated rings. The van der Waals surface area contributed by atoms with E-state index in [9.17, 15) is 9.59 Å². The highest BCUT2D eigenvalue weighted by Gasteiger charge is 2.53. The van der Waals surface area contributed by atoms with E-state index >= 15 is 0 Å². The topological polar surface area (TPSA) is 105 Å². The second kappa shape index (κ2) is 5.36. The lowest BCUT2D eigenvalue weighted by Crippen LogP contribution is -2.67. The first-order valence-electron chi connectivity index (χ1n) is 5.95. The Hall–Kier alpha value is -1.95. The van der Waals surface area contributed by atoms with Crippen LogP contribution in [0.1, 0.15) is 27.7 Å². The van der Waals surface area contributed by atoms with Gasteiger partial charge in [0.1, 0.15) is 5.60 Å². The lowest BCUT2D eigenvalue weighted by molar-refractivity contribution is -0.155. The van der Waals surface area contributed by atoms with Crippen LogP contribution >= 0.6 is 0 Å². The van der Waals surface area contributed by atoms with Crippen LogP contribution in [-0.4, -0.2) is 47.8 Å². The molecule has 1 saturated heterocycles. The first-order chi connectivity index (χ1) is 8.74. The zero-order chi connectivity index (χ0) is 14.7. The van der Waals surface area contributed by atoms with Crippen molar-refractivity contribution in [2.45, 2.75) is 38.8 Å². The van der Waals surface area contributed by atoms with Gasteiger partial charge in [0.15, 0.2) is 5.54 Å². The standard InChI is InChI=1S/C11H18N4O4/c1-5-18-8(16)11(13-14-12)6-15(7-11)9(17)19-10(2,3)4/h5-7H2,1-4H3. The average Bonchev–Trinajstić information content (AvgIpc) is 2.20. The van der Waals surface area contributed by atoms with E-state index in [4.69, 9.17) is 15.0 Å². The molecule has 0 spiro atoms. The molecule has 1 rings (SSSR count). The molecule has 1 heterocycles. The number of ether oxygens (including phenoxy) is 2. The number of esters is 1. The second-order valence-electron chi connectivity index (χ2n) is 5.28. The van der Waals surface area contributed by atoms with Crippen LogP contribution in [0.15, 0.2) is 5.11 Å². The quantitative estimate of drug-likeness (QED) is 0.337. The number of hydrogen-bond donors (Lipinski definition) is 0. The third kappa shape index (κ3) is 3.51. The van der Waals surface area contributed by atoms with Crippen molar-refractivity contribution in [3.63, 3.8) is 0 Å². The van der Waals surface area contributed by atoms with Gasteiger partial charge in [0, 0.05) is 18.0 Å². The highest BCUT2D eigenvalue weighted by atomic mass is 16.6. The fourth-order valence-electron chi connectivity index (χ4n) is 1.62. The summed E-state index contributed by atoms with van der Waals surface area (Å²) in [7, 11) is 0. The van der Waals surface area contributed by atoms with Crippen molar-refractivity contribution >= 4 is 12.1 Å². The molecule has 0 saturated carbocycles. The molecule has 0 aliphatic carbocycles. The van der Waals surface area contributed by atoms with Gasteiger partial charge in [0.05, 0.1) is 6.61 Å². The van der Waals surface area contributed by atoms with Gasteiger partial charge in [-0.1, -0.05) is 5.11 Å². The molecule has 8 heteroatoms. The van der Waals surface area contributed by atoms with Crippen molar-refractivity contribution < 1.29 is 19.1 Å². The predicted molar refractivity (Wildman–Crippen MR) is 66.3 cm³/mol. The Labute approximate surface area is 111 Å². The lowest BCUT2D eigenvalue weighted by atomic mass is 9.91. The molecular weight excluding hydrogens is 252 g/mol. The van der Waals surface area contributed by atoms with Gasteiger partial charge in [-0.25, -0.2) is 4.79 Å². The summed E-state index contributed by atoms with van der Waals surface area (Å²) in [5.74, 6) is -0.618. The molecule has 8 nitrogen and oxygen atoms in total. The molecule has 0 bridgehead atoms. The van der Waals surface area contributed by atoms with Crippen LogP contribution in [0.2, 0.25) is 0 Å². The van der Waals surface area contributed by atoms with Crippen molar-refractivity contribution in [3.05, 3.63) is 10.4 Å². The second-order valence-corrected chi connectivity index (χ2v) is 5.28. The van der Waals surface area contributed by atoms with Gasteiger partial charge in [-0.05, 0) is 33.2 Å². The van der Waals surface area contributed by atoms with Gasteiger partial charge >= 0.3 is 12.1 Å². The molecule has 0 unspecified atom stereocenters. The monoisotopic (exact) mass is 270 g/mol. The lowest BCUT2D eigenvalue weighted by Gasteiger charge is -2.44. The Bertz CT molecular complexity index is 417. The summed E-state index contributed by atoms with van der Waals surface area (Å²) in [6, 6.07) is 0. The Morgan fingerprint density at radius 2 is 2.00 bits per heavy atom. The Balaban J connectivity index is 2.68. The first-order valence-corrected chi connectivity index (χ1v) is 5.95. The minimum atomic E-state index is -1.32. The third-order valence-corrected chi connectivity index (χ3v) is 2.45. The van der Waals surface area contributed by atoms with Crippen LogP contribution in [-0.2, 0) is 14.3 Å². The van der Waals surface area contributed by atoms with Crippen LogP contribution in [0, 0.1) is 0 Å². The molecule has 0 atom stereocenters. The summed E-state index contributed by atoms with van der Waals surface area (Å²) in [5, 5.41) is 3.47. The van der Waals surface area contributed by atoms with Crippen LogP contribution < -0.4 is 0 Å². The van der Waals surface area contributed by atoms with E-state index in [1.165, 1.54) is 4.90 Å². The zero-order valence-corrected chi connectivity index (χ0v) is 11.5. The number of hydrogen-bond acceptors (Lipinski definition) is 5. The van der Waals surface area contributed by atoms with Crippen LogP contribution in [0.25, 0.3) is 10.4 Å². The van der Waals surface area contributed by atoms with Gasteiger partial charge in [0.2, 0.25) is 0 Å². The molecule has 19 heavy (non-hydrogen) atoms. The molecule has 0 aromatic carbocycles. The maximum Gasteiger partial charge on any atom is 0.410 e. The van der Waals surface area contributed by atoms with E-state index < -0.39 is 23.2 Å². The van der Waals surface area contributed by atoms with Gasteiger partial charge < -0.3 is 14.4 Å². The van der Waals surface area contributed by atoms with E-state index in [1.807, 2.05) is 0 Å². The third-order valence-electron chi connectivity index (χ3n) is 2.45. The fourth-order valence-corrected chi connectivity index (χ4v) is 1.62. The molecule has 1 amide bonds. The van der Waals surface area contributed by atoms with E-state index in [2.05, 4.69) is 10.0 Å². The summed E-state index contributed by atoms with van der Waals surface area (Å²) in [6.45, 7) is 7.04. The van der Waals surface area contributed by atoms with Crippen molar-refractivity contribution in [3.8, 4) is 0 Å². The predicted octanol–water partition coefficient (Wildman–Crippen LogP) is 1.85. The maximum atomic E-state index is 11.7. The number of carbonyl (C=O) groups excluding carboxylic acids is 2. The van der Waals surface area contributed by atoms with Crippen molar-refractivity contribution in [1.82, 2.24) is 4.90 Å². The number of likely N-dealkylation sites (tertiary alicyclic amines) is 1. The normalized spacial score (nSPS) is 16.9. The molecular formula is C11H18N4O4. The number of azide groups is 1. The maximum absolute atomic E-state index is 11.7. The SMILES string of the molecule is CCOC(=O)C1(N=[N+]=[N-])CN(C(=O)OC(C)(C)C)C1. The fraction of sp³-hybridized carbons (Fsp3) is 0.818. The molecule has 0 N–H and O–H groups in total. The summed E-state index contributed by atoms with van der Waals surface area (Å²) in [6.07, 6.45) is -0.541. The van der Waals surface area contributed by atoms with Gasteiger partial charge in [0.25, 0.3) is 0 Å². The van der Waals surface area contributed by atoms with Gasteiger partial charge in [-0.15, -0.1) is 0 Å². The highest BCUT2D eigenvalue weighted by Crippen LogP contribution is 2.28. The van der Waals surface area contributed by atoms with E-state index in [-0.39, 0.29) is 19.7 Å². The van der Waals surface area contributed by atoms with Crippen molar-refractivity contribution in [2.24, 2.45) is 5.11 Å². The van der Waals surface area contributed by atoms with Crippen LogP contribution in [0.4, 0.5) is 4.79 Å².